The monoisotopic (exact) mass is 267 g/mol. The molecule has 0 saturated heterocycles. The Hall–Kier alpha value is -0.610. The molecule has 1 fully saturated rings. The lowest BCUT2D eigenvalue weighted by Crippen LogP contribution is -2.26. The third-order valence-corrected chi connectivity index (χ3v) is 4.27. The van der Waals surface area contributed by atoms with E-state index in [2.05, 4.69) is 29.0 Å². The van der Waals surface area contributed by atoms with Crippen molar-refractivity contribution in [2.45, 2.75) is 46.1 Å². The van der Waals surface area contributed by atoms with Gasteiger partial charge < -0.3 is 10.2 Å². The minimum atomic E-state index is 0.933. The SMILES string of the molecule is CCCNCc1cnc(N(CCC)CC2CC2)s1. The highest BCUT2D eigenvalue weighted by atomic mass is 32.1. The van der Waals surface area contributed by atoms with Crippen LogP contribution in [0.3, 0.4) is 0 Å². The van der Waals surface area contributed by atoms with E-state index in [0.29, 0.717) is 0 Å². The second-order valence-electron chi connectivity index (χ2n) is 5.18. The van der Waals surface area contributed by atoms with E-state index in [9.17, 15) is 0 Å². The van der Waals surface area contributed by atoms with Crippen molar-refractivity contribution in [1.82, 2.24) is 10.3 Å². The zero-order valence-corrected chi connectivity index (χ0v) is 12.4. The Bertz CT molecular complexity index is 347. The Morgan fingerprint density at radius 3 is 2.89 bits per heavy atom. The fourth-order valence-corrected chi connectivity index (χ4v) is 2.97. The van der Waals surface area contributed by atoms with Gasteiger partial charge in [-0.25, -0.2) is 4.98 Å². The highest BCUT2D eigenvalue weighted by Gasteiger charge is 2.25. The normalized spacial score (nSPS) is 15.0. The third kappa shape index (κ3) is 4.25. The molecule has 0 aromatic carbocycles. The number of thiazole rings is 1. The van der Waals surface area contributed by atoms with Crippen molar-refractivity contribution in [2.75, 3.05) is 24.5 Å². The lowest BCUT2D eigenvalue weighted by Gasteiger charge is -2.20. The van der Waals surface area contributed by atoms with Gasteiger partial charge in [0.1, 0.15) is 0 Å². The smallest absolute Gasteiger partial charge is 0.185 e. The topological polar surface area (TPSA) is 28.2 Å². The molecule has 0 spiro atoms. The minimum Gasteiger partial charge on any atom is -0.348 e. The number of hydrogen-bond acceptors (Lipinski definition) is 4. The van der Waals surface area contributed by atoms with E-state index in [4.69, 9.17) is 0 Å². The summed E-state index contributed by atoms with van der Waals surface area (Å²) in [6, 6.07) is 0. The molecular formula is C14H25N3S. The summed E-state index contributed by atoms with van der Waals surface area (Å²) in [5, 5.41) is 4.66. The van der Waals surface area contributed by atoms with Gasteiger partial charge in [-0.05, 0) is 38.1 Å². The van der Waals surface area contributed by atoms with Gasteiger partial charge in [0, 0.05) is 30.7 Å². The summed E-state index contributed by atoms with van der Waals surface area (Å²) in [5.41, 5.74) is 0. The molecule has 4 heteroatoms. The van der Waals surface area contributed by atoms with Crippen LogP contribution in [0, 0.1) is 5.92 Å². The molecule has 0 radical (unpaired) electrons. The number of anilines is 1. The van der Waals surface area contributed by atoms with Crippen molar-refractivity contribution in [3.63, 3.8) is 0 Å². The van der Waals surface area contributed by atoms with Crippen LogP contribution < -0.4 is 10.2 Å². The Morgan fingerprint density at radius 2 is 2.22 bits per heavy atom. The second-order valence-corrected chi connectivity index (χ2v) is 6.27. The summed E-state index contributed by atoms with van der Waals surface area (Å²) in [7, 11) is 0. The molecule has 0 bridgehead atoms. The average Bonchev–Trinajstić information content (AvgIpc) is 3.06. The molecule has 1 N–H and O–H groups in total. The number of rotatable bonds is 9. The van der Waals surface area contributed by atoms with Gasteiger partial charge in [0.2, 0.25) is 0 Å². The molecule has 0 amide bonds. The van der Waals surface area contributed by atoms with Gasteiger partial charge in [0.15, 0.2) is 5.13 Å². The van der Waals surface area contributed by atoms with Crippen LogP contribution in [0.4, 0.5) is 5.13 Å². The standard InChI is InChI=1S/C14H25N3S/c1-3-7-15-9-13-10-16-14(18-13)17(8-4-2)11-12-5-6-12/h10,12,15H,3-9,11H2,1-2H3. The first-order valence-electron chi connectivity index (χ1n) is 7.23. The van der Waals surface area contributed by atoms with Gasteiger partial charge in [0.25, 0.3) is 0 Å². The van der Waals surface area contributed by atoms with Gasteiger partial charge in [-0.1, -0.05) is 13.8 Å². The predicted molar refractivity (Wildman–Crippen MR) is 79.3 cm³/mol. The molecule has 2 rings (SSSR count). The summed E-state index contributed by atoms with van der Waals surface area (Å²) < 4.78 is 0. The first-order valence-corrected chi connectivity index (χ1v) is 8.05. The van der Waals surface area contributed by atoms with Gasteiger partial charge >= 0.3 is 0 Å². The van der Waals surface area contributed by atoms with Crippen LogP contribution in [0.5, 0.6) is 0 Å². The van der Waals surface area contributed by atoms with Gasteiger partial charge in [-0.2, -0.15) is 0 Å². The molecule has 1 aliphatic carbocycles. The maximum atomic E-state index is 4.60. The van der Waals surface area contributed by atoms with Crippen LogP contribution in [-0.4, -0.2) is 24.6 Å². The molecule has 18 heavy (non-hydrogen) atoms. The van der Waals surface area contributed by atoms with Crippen molar-refractivity contribution in [3.8, 4) is 0 Å². The van der Waals surface area contributed by atoms with Gasteiger partial charge in [-0.15, -0.1) is 11.3 Å². The number of aromatic nitrogens is 1. The van der Waals surface area contributed by atoms with Crippen molar-refractivity contribution in [3.05, 3.63) is 11.1 Å². The Morgan fingerprint density at radius 1 is 1.39 bits per heavy atom. The molecule has 1 heterocycles. The van der Waals surface area contributed by atoms with Crippen LogP contribution in [-0.2, 0) is 6.54 Å². The largest absolute Gasteiger partial charge is 0.348 e. The molecule has 0 atom stereocenters. The van der Waals surface area contributed by atoms with Crippen LogP contribution >= 0.6 is 11.3 Å². The van der Waals surface area contributed by atoms with E-state index < -0.39 is 0 Å². The Balaban J connectivity index is 1.88. The average molecular weight is 267 g/mol. The van der Waals surface area contributed by atoms with Gasteiger partial charge in [0.05, 0.1) is 0 Å². The maximum absolute atomic E-state index is 4.60. The highest BCUT2D eigenvalue weighted by molar-refractivity contribution is 7.15. The van der Waals surface area contributed by atoms with Crippen molar-refractivity contribution in [1.29, 1.82) is 0 Å². The number of nitrogens with zero attached hydrogens (tertiary/aromatic N) is 2. The van der Waals surface area contributed by atoms with E-state index in [-0.39, 0.29) is 0 Å². The van der Waals surface area contributed by atoms with Crippen molar-refractivity contribution >= 4 is 16.5 Å². The molecule has 1 aliphatic rings. The van der Waals surface area contributed by atoms with E-state index in [1.54, 1.807) is 0 Å². The van der Waals surface area contributed by atoms with Crippen LogP contribution in [0.1, 0.15) is 44.4 Å². The summed E-state index contributed by atoms with van der Waals surface area (Å²) in [5.74, 6) is 0.933. The molecule has 102 valence electrons. The molecule has 3 nitrogen and oxygen atoms in total. The highest BCUT2D eigenvalue weighted by Crippen LogP contribution is 2.32. The minimum absolute atomic E-state index is 0.933. The summed E-state index contributed by atoms with van der Waals surface area (Å²) in [4.78, 5) is 8.43. The summed E-state index contributed by atoms with van der Waals surface area (Å²) in [6.07, 6.45) is 7.26. The Kier molecular flexibility index (Phi) is 5.45. The second kappa shape index (κ2) is 7.10. The summed E-state index contributed by atoms with van der Waals surface area (Å²) in [6.45, 7) is 8.86. The van der Waals surface area contributed by atoms with Gasteiger partial charge in [-0.3, -0.25) is 0 Å². The lowest BCUT2D eigenvalue weighted by molar-refractivity contribution is 0.681. The fraction of sp³-hybridized carbons (Fsp3) is 0.786. The van der Waals surface area contributed by atoms with Crippen molar-refractivity contribution < 1.29 is 0 Å². The molecule has 1 saturated carbocycles. The zero-order valence-electron chi connectivity index (χ0n) is 11.6. The molecule has 1 aromatic heterocycles. The Labute approximate surface area is 115 Å². The molecule has 0 unspecified atom stereocenters. The summed E-state index contributed by atoms with van der Waals surface area (Å²) >= 11 is 1.85. The van der Waals surface area contributed by atoms with E-state index in [0.717, 1.165) is 25.6 Å². The number of hydrogen-bond donors (Lipinski definition) is 1. The van der Waals surface area contributed by atoms with Crippen LogP contribution in [0.2, 0.25) is 0 Å². The molecule has 0 aliphatic heterocycles. The maximum Gasteiger partial charge on any atom is 0.185 e. The van der Waals surface area contributed by atoms with Crippen LogP contribution in [0.25, 0.3) is 0 Å². The van der Waals surface area contributed by atoms with E-state index in [1.165, 1.54) is 42.2 Å². The van der Waals surface area contributed by atoms with E-state index >= 15 is 0 Å². The zero-order chi connectivity index (χ0) is 12.8. The lowest BCUT2D eigenvalue weighted by atomic mass is 10.3. The first kappa shape index (κ1) is 13.8. The van der Waals surface area contributed by atoms with Crippen molar-refractivity contribution in [2.24, 2.45) is 5.92 Å². The third-order valence-electron chi connectivity index (χ3n) is 3.21. The first-order chi connectivity index (χ1) is 8.83. The van der Waals surface area contributed by atoms with E-state index in [1.807, 2.05) is 17.5 Å². The number of nitrogens with one attached hydrogen (secondary N) is 1. The molecule has 1 aromatic rings. The molecular weight excluding hydrogens is 242 g/mol. The quantitative estimate of drug-likeness (QED) is 0.696. The van der Waals surface area contributed by atoms with Crippen LogP contribution in [0.15, 0.2) is 6.20 Å². The fourth-order valence-electron chi connectivity index (χ4n) is 2.06. The predicted octanol–water partition coefficient (Wildman–Crippen LogP) is 3.27.